The summed E-state index contributed by atoms with van der Waals surface area (Å²) in [6.07, 6.45) is 3.25. The lowest BCUT2D eigenvalue weighted by Crippen LogP contribution is -2.17. The average Bonchev–Trinajstić information content (AvgIpc) is 3.19. The van der Waals surface area contributed by atoms with Crippen LogP contribution in [0.3, 0.4) is 0 Å². The molecule has 0 fully saturated rings. The average molecular weight is 470 g/mol. The first-order chi connectivity index (χ1) is 13.2. The zero-order valence-electron chi connectivity index (χ0n) is 14.4. The van der Waals surface area contributed by atoms with Crippen LogP contribution in [0.1, 0.15) is 0 Å². The van der Waals surface area contributed by atoms with Crippen molar-refractivity contribution in [2.75, 3.05) is 7.11 Å². The predicted octanol–water partition coefficient (Wildman–Crippen LogP) is 3.70. The van der Waals surface area contributed by atoms with Crippen LogP contribution in [0.25, 0.3) is 22.8 Å². The van der Waals surface area contributed by atoms with Crippen LogP contribution in [-0.4, -0.2) is 26.7 Å². The molecule has 0 aliphatic rings. The third-order valence-corrected chi connectivity index (χ3v) is 4.80. The number of para-hydroxylation sites is 1. The molecule has 0 unspecified atom stereocenters. The van der Waals surface area contributed by atoms with Gasteiger partial charge in [-0.25, -0.2) is 9.36 Å². The van der Waals surface area contributed by atoms with E-state index in [9.17, 15) is 4.79 Å². The maximum atomic E-state index is 12.9. The van der Waals surface area contributed by atoms with Gasteiger partial charge in [-0.2, -0.15) is 10.2 Å². The summed E-state index contributed by atoms with van der Waals surface area (Å²) < 4.78 is 9.77. The number of halogens is 1. The van der Waals surface area contributed by atoms with Gasteiger partial charge in [0.2, 0.25) is 0 Å². The smallest absolute Gasteiger partial charge is 0.251 e. The van der Waals surface area contributed by atoms with Crippen molar-refractivity contribution in [3.8, 4) is 28.5 Å². The second kappa shape index (κ2) is 7.36. The predicted molar refractivity (Wildman–Crippen MR) is 112 cm³/mol. The van der Waals surface area contributed by atoms with Crippen LogP contribution < -0.4 is 10.2 Å². The molecule has 0 saturated carbocycles. The molecule has 2 heterocycles. The first-order valence-electron chi connectivity index (χ1n) is 8.21. The molecular weight excluding hydrogens is 455 g/mol. The van der Waals surface area contributed by atoms with Crippen LogP contribution in [-0.2, 0) is 0 Å². The lowest BCUT2D eigenvalue weighted by Gasteiger charge is -2.12. The molecule has 0 aliphatic carbocycles. The number of nitrogens with zero attached hydrogens (tertiary/aromatic N) is 4. The Balaban J connectivity index is 1.92. The second-order valence-electron chi connectivity index (χ2n) is 5.76. The van der Waals surface area contributed by atoms with Crippen LogP contribution >= 0.6 is 22.6 Å². The van der Waals surface area contributed by atoms with E-state index < -0.39 is 0 Å². The monoisotopic (exact) mass is 470 g/mol. The molecular formula is C20H15IN4O2. The van der Waals surface area contributed by atoms with Crippen molar-refractivity contribution in [2.24, 2.45) is 0 Å². The van der Waals surface area contributed by atoms with Gasteiger partial charge < -0.3 is 4.74 Å². The van der Waals surface area contributed by atoms with Gasteiger partial charge in [-0.05, 0) is 65.1 Å². The van der Waals surface area contributed by atoms with Crippen molar-refractivity contribution < 1.29 is 4.74 Å². The minimum Gasteiger partial charge on any atom is -0.491 e. The second-order valence-corrected chi connectivity index (χ2v) is 7.01. The van der Waals surface area contributed by atoms with Gasteiger partial charge in [0.1, 0.15) is 0 Å². The number of hydrogen-bond acceptors (Lipinski definition) is 4. The molecule has 6 nitrogen and oxygen atoms in total. The molecule has 2 aromatic heterocycles. The number of aromatic nitrogens is 4. The largest absolute Gasteiger partial charge is 0.491 e. The summed E-state index contributed by atoms with van der Waals surface area (Å²) >= 11 is 2.25. The van der Waals surface area contributed by atoms with Crippen molar-refractivity contribution in [2.45, 2.75) is 0 Å². The Bertz CT molecular complexity index is 1130. The summed E-state index contributed by atoms with van der Waals surface area (Å²) in [6.45, 7) is 0. The summed E-state index contributed by atoms with van der Waals surface area (Å²) in [5, 5.41) is 8.93. The summed E-state index contributed by atoms with van der Waals surface area (Å²) in [6, 6.07) is 19.2. The fourth-order valence-corrected chi connectivity index (χ4v) is 3.12. The summed E-state index contributed by atoms with van der Waals surface area (Å²) in [4.78, 5) is 12.9. The summed E-state index contributed by atoms with van der Waals surface area (Å²) in [5.74, 6) is 0.222. The zero-order valence-corrected chi connectivity index (χ0v) is 16.6. The normalized spacial score (nSPS) is 10.7. The van der Waals surface area contributed by atoms with E-state index in [0.717, 1.165) is 14.9 Å². The van der Waals surface area contributed by atoms with E-state index >= 15 is 0 Å². The van der Waals surface area contributed by atoms with Gasteiger partial charge in [-0.15, -0.1) is 0 Å². The van der Waals surface area contributed by atoms with E-state index in [1.807, 2.05) is 54.6 Å². The van der Waals surface area contributed by atoms with Crippen LogP contribution in [0.15, 0.2) is 77.9 Å². The molecule has 0 saturated heterocycles. The SMILES string of the molecule is COc1cn(-c2ccc(I)cc2)nc(-c2ccnn2-c2ccccc2)c1=O. The van der Waals surface area contributed by atoms with E-state index in [-0.39, 0.29) is 16.9 Å². The Morgan fingerprint density at radius 3 is 2.41 bits per heavy atom. The Kier molecular flexibility index (Phi) is 4.76. The molecule has 0 aliphatic heterocycles. The fourth-order valence-electron chi connectivity index (χ4n) is 2.77. The third kappa shape index (κ3) is 3.37. The van der Waals surface area contributed by atoms with Gasteiger partial charge in [-0.1, -0.05) is 18.2 Å². The van der Waals surface area contributed by atoms with Gasteiger partial charge >= 0.3 is 0 Å². The molecule has 0 bridgehead atoms. The topological polar surface area (TPSA) is 61.9 Å². The minimum atomic E-state index is -0.281. The maximum absolute atomic E-state index is 12.9. The molecule has 0 spiro atoms. The number of ether oxygens (including phenoxy) is 1. The molecule has 2 aromatic carbocycles. The lowest BCUT2D eigenvalue weighted by atomic mass is 10.2. The molecule has 0 amide bonds. The molecule has 27 heavy (non-hydrogen) atoms. The van der Waals surface area contributed by atoms with E-state index in [1.54, 1.807) is 27.8 Å². The molecule has 0 atom stereocenters. The van der Waals surface area contributed by atoms with E-state index in [0.29, 0.717) is 5.69 Å². The highest BCUT2D eigenvalue weighted by atomic mass is 127. The first-order valence-corrected chi connectivity index (χ1v) is 9.29. The molecule has 0 radical (unpaired) electrons. The fraction of sp³-hybridized carbons (Fsp3) is 0.0500. The highest BCUT2D eigenvalue weighted by molar-refractivity contribution is 14.1. The van der Waals surface area contributed by atoms with Crippen LogP contribution in [0.2, 0.25) is 0 Å². The highest BCUT2D eigenvalue weighted by Crippen LogP contribution is 2.21. The molecule has 4 rings (SSSR count). The van der Waals surface area contributed by atoms with Crippen LogP contribution in [0.4, 0.5) is 0 Å². The van der Waals surface area contributed by atoms with Crippen LogP contribution in [0.5, 0.6) is 5.75 Å². The maximum Gasteiger partial charge on any atom is 0.251 e. The number of hydrogen-bond donors (Lipinski definition) is 0. The van der Waals surface area contributed by atoms with Gasteiger partial charge in [0.15, 0.2) is 11.4 Å². The summed E-state index contributed by atoms with van der Waals surface area (Å²) in [5.41, 5.74) is 2.28. The Hall–Kier alpha value is -2.94. The van der Waals surface area contributed by atoms with Gasteiger partial charge in [0.25, 0.3) is 5.43 Å². The van der Waals surface area contributed by atoms with E-state index in [4.69, 9.17) is 4.74 Å². The lowest BCUT2D eigenvalue weighted by molar-refractivity contribution is 0.405. The zero-order chi connectivity index (χ0) is 18.8. The van der Waals surface area contributed by atoms with E-state index in [1.165, 1.54) is 7.11 Å². The highest BCUT2D eigenvalue weighted by Gasteiger charge is 2.17. The Morgan fingerprint density at radius 2 is 1.70 bits per heavy atom. The number of benzene rings is 2. The van der Waals surface area contributed by atoms with Crippen molar-refractivity contribution in [3.63, 3.8) is 0 Å². The van der Waals surface area contributed by atoms with Gasteiger partial charge in [-0.3, -0.25) is 4.79 Å². The van der Waals surface area contributed by atoms with Gasteiger partial charge in [0.05, 0.1) is 36.6 Å². The minimum absolute atomic E-state index is 0.222. The van der Waals surface area contributed by atoms with Crippen molar-refractivity contribution >= 4 is 22.6 Å². The van der Waals surface area contributed by atoms with Gasteiger partial charge in [0, 0.05) is 3.57 Å². The van der Waals surface area contributed by atoms with E-state index in [2.05, 4.69) is 32.8 Å². The number of methoxy groups -OCH3 is 1. The molecule has 4 aromatic rings. The Labute approximate surface area is 169 Å². The van der Waals surface area contributed by atoms with Crippen molar-refractivity contribution in [1.29, 1.82) is 0 Å². The van der Waals surface area contributed by atoms with Crippen LogP contribution in [0, 0.1) is 3.57 Å². The van der Waals surface area contributed by atoms with Crippen molar-refractivity contribution in [1.82, 2.24) is 19.6 Å². The molecule has 0 N–H and O–H groups in total. The Morgan fingerprint density at radius 1 is 0.963 bits per heavy atom. The standard InChI is InChI=1S/C20H15IN4O2/c1-27-18-13-24(15-9-7-14(21)8-10-15)23-19(20(18)26)17-11-12-22-25(17)16-5-3-2-4-6-16/h2-13H,1H3. The third-order valence-electron chi connectivity index (χ3n) is 4.08. The van der Waals surface area contributed by atoms with Crippen molar-refractivity contribution in [3.05, 3.63) is 86.9 Å². The number of rotatable bonds is 4. The molecule has 7 heteroatoms. The quantitative estimate of drug-likeness (QED) is 0.427. The first kappa shape index (κ1) is 17.5. The molecule has 134 valence electrons. The summed E-state index contributed by atoms with van der Waals surface area (Å²) in [7, 11) is 1.48.